The molecule has 1 aromatic heterocycles. The van der Waals surface area contributed by atoms with Crippen molar-refractivity contribution in [1.29, 1.82) is 0 Å². The summed E-state index contributed by atoms with van der Waals surface area (Å²) in [5.74, 6) is 0.108. The van der Waals surface area contributed by atoms with Crippen molar-refractivity contribution in [2.45, 2.75) is 11.0 Å². The van der Waals surface area contributed by atoms with Gasteiger partial charge in [0.15, 0.2) is 9.84 Å². The first-order valence-corrected chi connectivity index (χ1v) is 8.84. The number of rotatable bonds is 4. The van der Waals surface area contributed by atoms with Gasteiger partial charge in [-0.1, -0.05) is 11.6 Å². The predicted molar refractivity (Wildman–Crippen MR) is 82.5 cm³/mol. The molecule has 116 valence electrons. The molecule has 1 aromatic carbocycles. The van der Waals surface area contributed by atoms with E-state index in [2.05, 4.69) is 0 Å². The molecule has 22 heavy (non-hydrogen) atoms. The van der Waals surface area contributed by atoms with Crippen LogP contribution in [0.5, 0.6) is 0 Å². The zero-order chi connectivity index (χ0) is 15.7. The molecule has 1 aliphatic rings. The van der Waals surface area contributed by atoms with Crippen LogP contribution in [0.15, 0.2) is 47.1 Å². The molecule has 1 amide bonds. The highest BCUT2D eigenvalue weighted by molar-refractivity contribution is 7.91. The van der Waals surface area contributed by atoms with Crippen LogP contribution in [0.25, 0.3) is 0 Å². The Bertz CT molecular complexity index is 762. The summed E-state index contributed by atoms with van der Waals surface area (Å²) >= 11 is 5.78. The number of hydrogen-bond donors (Lipinski definition) is 0. The second kappa shape index (κ2) is 5.78. The summed E-state index contributed by atoms with van der Waals surface area (Å²) in [5.41, 5.74) is 0.506. The standard InChI is InChI=1S/C15H14ClNO4S/c16-12-5-3-11(4-6-12)15(18)17-8-14(9-17)22(19,20)10-13-2-1-7-21-13/h1-7,14H,8-10H2. The molecule has 7 heteroatoms. The van der Waals surface area contributed by atoms with Crippen LogP contribution < -0.4 is 0 Å². The molecule has 5 nitrogen and oxygen atoms in total. The second-order valence-electron chi connectivity index (χ2n) is 5.23. The summed E-state index contributed by atoms with van der Waals surface area (Å²) in [6.07, 6.45) is 1.45. The molecule has 0 spiro atoms. The average Bonchev–Trinajstić information content (AvgIpc) is 2.89. The quantitative estimate of drug-likeness (QED) is 0.857. The van der Waals surface area contributed by atoms with Crippen LogP contribution in [0.3, 0.4) is 0 Å². The van der Waals surface area contributed by atoms with Crippen LogP contribution >= 0.6 is 11.6 Å². The van der Waals surface area contributed by atoms with Gasteiger partial charge < -0.3 is 9.32 Å². The Morgan fingerprint density at radius 2 is 1.91 bits per heavy atom. The minimum Gasteiger partial charge on any atom is -0.468 e. The number of carbonyl (C=O) groups excluding carboxylic acids is 1. The van der Waals surface area contributed by atoms with Crippen LogP contribution in [0, 0.1) is 0 Å². The van der Waals surface area contributed by atoms with E-state index in [0.717, 1.165) is 0 Å². The summed E-state index contributed by atoms with van der Waals surface area (Å²) in [6.45, 7) is 0.426. The lowest BCUT2D eigenvalue weighted by Crippen LogP contribution is -2.57. The topological polar surface area (TPSA) is 67.6 Å². The molecule has 0 unspecified atom stereocenters. The number of likely N-dealkylation sites (tertiary alicyclic amines) is 1. The van der Waals surface area contributed by atoms with Gasteiger partial charge in [-0.05, 0) is 36.4 Å². The van der Waals surface area contributed by atoms with Gasteiger partial charge in [0.25, 0.3) is 5.91 Å². The van der Waals surface area contributed by atoms with Crippen molar-refractivity contribution in [1.82, 2.24) is 4.90 Å². The fourth-order valence-corrected chi connectivity index (χ4v) is 4.05. The highest BCUT2D eigenvalue weighted by Crippen LogP contribution is 2.23. The Balaban J connectivity index is 1.61. The molecule has 3 rings (SSSR count). The molecule has 0 bridgehead atoms. The Morgan fingerprint density at radius 1 is 1.23 bits per heavy atom. The van der Waals surface area contributed by atoms with Crippen molar-refractivity contribution < 1.29 is 17.6 Å². The molecular weight excluding hydrogens is 326 g/mol. The van der Waals surface area contributed by atoms with E-state index in [-0.39, 0.29) is 24.7 Å². The number of sulfone groups is 1. The minimum atomic E-state index is -3.31. The van der Waals surface area contributed by atoms with E-state index in [9.17, 15) is 13.2 Å². The minimum absolute atomic E-state index is 0.131. The highest BCUT2D eigenvalue weighted by atomic mass is 35.5. The molecule has 1 fully saturated rings. The fourth-order valence-electron chi connectivity index (χ4n) is 2.32. The van der Waals surface area contributed by atoms with Gasteiger partial charge in [-0.3, -0.25) is 4.79 Å². The van der Waals surface area contributed by atoms with Crippen molar-refractivity contribution in [3.05, 3.63) is 59.0 Å². The third-order valence-corrected chi connectivity index (χ3v) is 5.91. The number of amides is 1. The molecule has 0 N–H and O–H groups in total. The maximum atomic E-state index is 12.2. The van der Waals surface area contributed by atoms with E-state index in [1.54, 1.807) is 36.4 Å². The van der Waals surface area contributed by atoms with Crippen LogP contribution in [-0.4, -0.2) is 37.6 Å². The number of nitrogens with zero attached hydrogens (tertiary/aromatic N) is 1. The van der Waals surface area contributed by atoms with E-state index in [1.807, 2.05) is 0 Å². The van der Waals surface area contributed by atoms with Crippen molar-refractivity contribution in [3.8, 4) is 0 Å². The van der Waals surface area contributed by atoms with E-state index in [4.69, 9.17) is 16.0 Å². The molecule has 1 saturated heterocycles. The van der Waals surface area contributed by atoms with Gasteiger partial charge in [0.05, 0.1) is 11.5 Å². The zero-order valence-electron chi connectivity index (χ0n) is 11.6. The molecular formula is C15H14ClNO4S. The highest BCUT2D eigenvalue weighted by Gasteiger charge is 2.40. The molecule has 1 aliphatic heterocycles. The largest absolute Gasteiger partial charge is 0.468 e. The molecule has 0 aliphatic carbocycles. The third-order valence-electron chi connectivity index (χ3n) is 3.66. The first kappa shape index (κ1) is 15.1. The van der Waals surface area contributed by atoms with Gasteiger partial charge in [0.1, 0.15) is 11.5 Å². The molecule has 0 radical (unpaired) electrons. The number of furan rings is 1. The van der Waals surface area contributed by atoms with E-state index in [1.165, 1.54) is 11.2 Å². The zero-order valence-corrected chi connectivity index (χ0v) is 13.2. The second-order valence-corrected chi connectivity index (χ2v) is 7.94. The van der Waals surface area contributed by atoms with E-state index >= 15 is 0 Å². The van der Waals surface area contributed by atoms with Gasteiger partial charge in [-0.25, -0.2) is 8.42 Å². The van der Waals surface area contributed by atoms with Gasteiger partial charge in [0, 0.05) is 23.7 Å². The summed E-state index contributed by atoms with van der Waals surface area (Å²) in [5, 5.41) is 0.0212. The summed E-state index contributed by atoms with van der Waals surface area (Å²) in [4.78, 5) is 13.7. The monoisotopic (exact) mass is 339 g/mol. The molecule has 0 atom stereocenters. The first-order chi connectivity index (χ1) is 10.5. The van der Waals surface area contributed by atoms with Crippen molar-refractivity contribution in [2.24, 2.45) is 0 Å². The van der Waals surface area contributed by atoms with Crippen LogP contribution in [-0.2, 0) is 15.6 Å². The Morgan fingerprint density at radius 3 is 2.50 bits per heavy atom. The lowest BCUT2D eigenvalue weighted by molar-refractivity contribution is 0.0659. The Kier molecular flexibility index (Phi) is 3.97. The van der Waals surface area contributed by atoms with Crippen LogP contribution in [0.4, 0.5) is 0 Å². The van der Waals surface area contributed by atoms with E-state index < -0.39 is 15.1 Å². The Labute approximate surface area is 133 Å². The summed E-state index contributed by atoms with van der Waals surface area (Å²) < 4.78 is 29.5. The first-order valence-electron chi connectivity index (χ1n) is 6.74. The lowest BCUT2D eigenvalue weighted by Gasteiger charge is -2.38. The van der Waals surface area contributed by atoms with Crippen molar-refractivity contribution in [2.75, 3.05) is 13.1 Å². The van der Waals surface area contributed by atoms with Gasteiger partial charge in [0.2, 0.25) is 0 Å². The normalized spacial score (nSPS) is 15.6. The third kappa shape index (κ3) is 3.03. The fraction of sp³-hybridized carbons (Fsp3) is 0.267. The molecule has 0 saturated carbocycles. The molecule has 2 aromatic rings. The van der Waals surface area contributed by atoms with Crippen molar-refractivity contribution in [3.63, 3.8) is 0 Å². The van der Waals surface area contributed by atoms with Gasteiger partial charge >= 0.3 is 0 Å². The number of halogens is 1. The lowest BCUT2D eigenvalue weighted by atomic mass is 10.1. The van der Waals surface area contributed by atoms with Crippen LogP contribution in [0.2, 0.25) is 5.02 Å². The van der Waals surface area contributed by atoms with Crippen molar-refractivity contribution >= 4 is 27.3 Å². The maximum absolute atomic E-state index is 12.2. The predicted octanol–water partition coefficient (Wildman–Crippen LogP) is 2.37. The van der Waals surface area contributed by atoms with Crippen LogP contribution in [0.1, 0.15) is 16.1 Å². The number of carbonyl (C=O) groups is 1. The van der Waals surface area contributed by atoms with E-state index in [0.29, 0.717) is 16.3 Å². The summed E-state index contributed by atoms with van der Waals surface area (Å²) in [6, 6.07) is 9.83. The number of benzene rings is 1. The van der Waals surface area contributed by atoms with Gasteiger partial charge in [-0.2, -0.15) is 0 Å². The maximum Gasteiger partial charge on any atom is 0.253 e. The average molecular weight is 340 g/mol. The summed E-state index contributed by atoms with van der Waals surface area (Å²) in [7, 11) is -3.31. The number of hydrogen-bond acceptors (Lipinski definition) is 4. The Hall–Kier alpha value is -1.79. The smallest absolute Gasteiger partial charge is 0.253 e. The van der Waals surface area contributed by atoms with Gasteiger partial charge in [-0.15, -0.1) is 0 Å². The molecule has 2 heterocycles. The SMILES string of the molecule is O=C(c1ccc(Cl)cc1)N1CC(S(=O)(=O)Cc2ccco2)C1.